The SMILES string of the molecule is N#Cc1ccncc1C(=O)NCc1ccc(Br)cc1. The summed E-state index contributed by atoms with van der Waals surface area (Å²) in [5, 5.41) is 11.7. The molecule has 0 aliphatic carbocycles. The van der Waals surface area contributed by atoms with Crippen LogP contribution in [0.3, 0.4) is 0 Å². The Morgan fingerprint density at radius 2 is 2.05 bits per heavy atom. The molecule has 1 aromatic carbocycles. The third kappa shape index (κ3) is 3.39. The van der Waals surface area contributed by atoms with E-state index in [9.17, 15) is 4.79 Å². The molecule has 2 aromatic rings. The monoisotopic (exact) mass is 315 g/mol. The van der Waals surface area contributed by atoms with Gasteiger partial charge in [0.2, 0.25) is 0 Å². The highest BCUT2D eigenvalue weighted by atomic mass is 79.9. The second-order valence-electron chi connectivity index (χ2n) is 3.84. The molecule has 0 radical (unpaired) electrons. The highest BCUT2D eigenvalue weighted by Gasteiger charge is 2.10. The molecule has 0 saturated heterocycles. The number of pyridine rings is 1. The molecule has 2 rings (SSSR count). The normalized spacial score (nSPS) is 9.68. The topological polar surface area (TPSA) is 65.8 Å². The lowest BCUT2D eigenvalue weighted by Crippen LogP contribution is -2.23. The second kappa shape index (κ2) is 6.12. The first kappa shape index (κ1) is 13.2. The number of amides is 1. The third-order valence-electron chi connectivity index (χ3n) is 2.55. The quantitative estimate of drug-likeness (QED) is 0.946. The van der Waals surface area contributed by atoms with E-state index in [1.165, 1.54) is 18.5 Å². The minimum absolute atomic E-state index is 0.294. The lowest BCUT2D eigenvalue weighted by atomic mass is 10.1. The zero-order valence-electron chi connectivity index (χ0n) is 9.93. The van der Waals surface area contributed by atoms with E-state index >= 15 is 0 Å². The van der Waals surface area contributed by atoms with E-state index in [1.54, 1.807) is 0 Å². The van der Waals surface area contributed by atoms with Crippen molar-refractivity contribution in [1.82, 2.24) is 10.3 Å². The predicted molar refractivity (Wildman–Crippen MR) is 74.3 cm³/mol. The van der Waals surface area contributed by atoms with Gasteiger partial charge in [-0.1, -0.05) is 28.1 Å². The molecule has 0 unspecified atom stereocenters. The number of carbonyl (C=O) groups excluding carboxylic acids is 1. The van der Waals surface area contributed by atoms with Crippen molar-refractivity contribution in [2.75, 3.05) is 0 Å². The van der Waals surface area contributed by atoms with Crippen LogP contribution in [0.2, 0.25) is 0 Å². The van der Waals surface area contributed by atoms with Crippen LogP contribution in [0.1, 0.15) is 21.5 Å². The van der Waals surface area contributed by atoms with Crippen molar-refractivity contribution in [3.05, 3.63) is 63.9 Å². The summed E-state index contributed by atoms with van der Waals surface area (Å²) in [7, 11) is 0. The van der Waals surface area contributed by atoms with Crippen molar-refractivity contribution in [3.63, 3.8) is 0 Å². The number of nitrogens with zero attached hydrogens (tertiary/aromatic N) is 2. The molecule has 1 heterocycles. The van der Waals surface area contributed by atoms with E-state index in [2.05, 4.69) is 26.2 Å². The molecular formula is C14H10BrN3O. The first-order valence-corrected chi connectivity index (χ1v) is 6.37. The summed E-state index contributed by atoms with van der Waals surface area (Å²) in [6.45, 7) is 0.409. The molecule has 0 aliphatic rings. The Morgan fingerprint density at radius 3 is 2.74 bits per heavy atom. The van der Waals surface area contributed by atoms with Gasteiger partial charge >= 0.3 is 0 Å². The van der Waals surface area contributed by atoms with E-state index in [0.717, 1.165) is 10.0 Å². The summed E-state index contributed by atoms with van der Waals surface area (Å²) in [5.74, 6) is -0.299. The van der Waals surface area contributed by atoms with Gasteiger partial charge in [-0.15, -0.1) is 0 Å². The zero-order valence-corrected chi connectivity index (χ0v) is 11.5. The summed E-state index contributed by atoms with van der Waals surface area (Å²) in [6, 6.07) is 11.1. The average Bonchev–Trinajstić information content (AvgIpc) is 2.46. The molecule has 1 amide bonds. The Labute approximate surface area is 119 Å². The van der Waals surface area contributed by atoms with Gasteiger partial charge in [-0.3, -0.25) is 9.78 Å². The molecular weight excluding hydrogens is 306 g/mol. The number of carbonyl (C=O) groups is 1. The van der Waals surface area contributed by atoms with Gasteiger partial charge in [0, 0.05) is 23.4 Å². The van der Waals surface area contributed by atoms with Crippen molar-refractivity contribution < 1.29 is 4.79 Å². The van der Waals surface area contributed by atoms with Gasteiger partial charge in [0.1, 0.15) is 6.07 Å². The molecule has 0 fully saturated rings. The van der Waals surface area contributed by atoms with Crippen LogP contribution >= 0.6 is 15.9 Å². The van der Waals surface area contributed by atoms with Gasteiger partial charge in [-0.25, -0.2) is 0 Å². The fourth-order valence-electron chi connectivity index (χ4n) is 1.55. The van der Waals surface area contributed by atoms with E-state index in [-0.39, 0.29) is 5.91 Å². The standard InChI is InChI=1S/C14H10BrN3O/c15-12-3-1-10(2-4-12)8-18-14(19)13-9-17-6-5-11(13)7-16/h1-6,9H,8H2,(H,18,19). The molecule has 0 aliphatic heterocycles. The number of aromatic nitrogens is 1. The van der Waals surface area contributed by atoms with Crippen LogP contribution in [0.25, 0.3) is 0 Å². The van der Waals surface area contributed by atoms with Crippen molar-refractivity contribution in [2.45, 2.75) is 6.54 Å². The van der Waals surface area contributed by atoms with Gasteiger partial charge in [0.25, 0.3) is 5.91 Å². The van der Waals surface area contributed by atoms with Crippen molar-refractivity contribution in [1.29, 1.82) is 5.26 Å². The molecule has 94 valence electrons. The third-order valence-corrected chi connectivity index (χ3v) is 3.08. The second-order valence-corrected chi connectivity index (χ2v) is 4.76. The maximum Gasteiger partial charge on any atom is 0.254 e. The lowest BCUT2D eigenvalue weighted by Gasteiger charge is -2.06. The summed E-state index contributed by atoms with van der Waals surface area (Å²) in [6.07, 6.45) is 2.89. The largest absolute Gasteiger partial charge is 0.348 e. The lowest BCUT2D eigenvalue weighted by molar-refractivity contribution is 0.0950. The van der Waals surface area contributed by atoms with Crippen LogP contribution in [-0.2, 0) is 6.54 Å². The first-order valence-electron chi connectivity index (χ1n) is 5.57. The highest BCUT2D eigenvalue weighted by Crippen LogP contribution is 2.11. The van der Waals surface area contributed by atoms with E-state index in [0.29, 0.717) is 17.7 Å². The Balaban J connectivity index is 2.06. The number of nitrogens with one attached hydrogen (secondary N) is 1. The first-order chi connectivity index (χ1) is 9.20. The minimum Gasteiger partial charge on any atom is -0.348 e. The van der Waals surface area contributed by atoms with Gasteiger partial charge in [0.05, 0.1) is 11.1 Å². The number of hydrogen-bond donors (Lipinski definition) is 1. The number of nitriles is 1. The Morgan fingerprint density at radius 1 is 1.32 bits per heavy atom. The van der Waals surface area contributed by atoms with Crippen LogP contribution < -0.4 is 5.32 Å². The molecule has 0 bridgehead atoms. The van der Waals surface area contributed by atoms with Gasteiger partial charge in [-0.05, 0) is 23.8 Å². The van der Waals surface area contributed by atoms with Crippen LogP contribution in [0, 0.1) is 11.3 Å². The Hall–Kier alpha value is -2.19. The predicted octanol–water partition coefficient (Wildman–Crippen LogP) is 2.65. The maximum atomic E-state index is 12.0. The van der Waals surface area contributed by atoms with Crippen molar-refractivity contribution in [2.24, 2.45) is 0 Å². The molecule has 0 atom stereocenters. The molecule has 1 aromatic heterocycles. The molecule has 4 nitrogen and oxygen atoms in total. The summed E-state index contributed by atoms with van der Waals surface area (Å²) >= 11 is 3.35. The number of hydrogen-bond acceptors (Lipinski definition) is 3. The van der Waals surface area contributed by atoms with E-state index < -0.39 is 0 Å². The zero-order chi connectivity index (χ0) is 13.7. The smallest absolute Gasteiger partial charge is 0.254 e. The summed E-state index contributed by atoms with van der Waals surface area (Å²) in [5.41, 5.74) is 1.60. The molecule has 0 saturated carbocycles. The van der Waals surface area contributed by atoms with Crippen LogP contribution in [0.4, 0.5) is 0 Å². The van der Waals surface area contributed by atoms with Crippen LogP contribution in [0.5, 0.6) is 0 Å². The average molecular weight is 316 g/mol. The molecule has 1 N–H and O–H groups in total. The summed E-state index contributed by atoms with van der Waals surface area (Å²) < 4.78 is 0.988. The highest BCUT2D eigenvalue weighted by molar-refractivity contribution is 9.10. The minimum atomic E-state index is -0.299. The van der Waals surface area contributed by atoms with Gasteiger partial charge in [-0.2, -0.15) is 5.26 Å². The number of halogens is 1. The fraction of sp³-hybridized carbons (Fsp3) is 0.0714. The van der Waals surface area contributed by atoms with E-state index in [4.69, 9.17) is 5.26 Å². The van der Waals surface area contributed by atoms with Crippen molar-refractivity contribution in [3.8, 4) is 6.07 Å². The van der Waals surface area contributed by atoms with E-state index in [1.807, 2.05) is 30.3 Å². The number of rotatable bonds is 3. The van der Waals surface area contributed by atoms with Crippen molar-refractivity contribution >= 4 is 21.8 Å². The molecule has 19 heavy (non-hydrogen) atoms. The Bertz CT molecular complexity index is 632. The maximum absolute atomic E-state index is 12.0. The molecule has 0 spiro atoms. The van der Waals surface area contributed by atoms with Crippen LogP contribution in [-0.4, -0.2) is 10.9 Å². The number of benzene rings is 1. The Kier molecular flexibility index (Phi) is 4.26. The fourth-order valence-corrected chi connectivity index (χ4v) is 1.82. The van der Waals surface area contributed by atoms with Crippen LogP contribution in [0.15, 0.2) is 47.2 Å². The molecule has 5 heteroatoms. The van der Waals surface area contributed by atoms with Gasteiger partial charge in [0.15, 0.2) is 0 Å². The summed E-state index contributed by atoms with van der Waals surface area (Å²) in [4.78, 5) is 15.8. The van der Waals surface area contributed by atoms with Gasteiger partial charge < -0.3 is 5.32 Å².